The van der Waals surface area contributed by atoms with E-state index in [2.05, 4.69) is 15.0 Å². The zero-order chi connectivity index (χ0) is 19.0. The van der Waals surface area contributed by atoms with Gasteiger partial charge in [-0.05, 0) is 18.5 Å². The van der Waals surface area contributed by atoms with Gasteiger partial charge in [-0.25, -0.2) is 19.7 Å². The molecule has 3 atom stereocenters. The lowest BCUT2D eigenvalue weighted by Crippen LogP contribution is -2.43. The quantitative estimate of drug-likeness (QED) is 0.744. The summed E-state index contributed by atoms with van der Waals surface area (Å²) in [7, 11) is 1.87. The van der Waals surface area contributed by atoms with Crippen LogP contribution in [-0.4, -0.2) is 55.8 Å². The lowest BCUT2D eigenvalue weighted by atomic mass is 9.70. The van der Waals surface area contributed by atoms with E-state index in [-0.39, 0.29) is 37.1 Å². The molecule has 1 saturated carbocycles. The molecule has 3 heterocycles. The number of allylic oxidation sites excluding steroid dienone is 1. The van der Waals surface area contributed by atoms with E-state index >= 15 is 0 Å². The number of esters is 1. The number of aliphatic hydroxyl groups excluding tert-OH is 1. The zero-order valence-electron chi connectivity index (χ0n) is 15.0. The average Bonchev–Trinajstić information content (AvgIpc) is 3.06. The highest BCUT2D eigenvalue weighted by Gasteiger charge is 2.43. The van der Waals surface area contributed by atoms with Crippen LogP contribution < -0.4 is 5.73 Å². The van der Waals surface area contributed by atoms with E-state index in [1.165, 1.54) is 6.33 Å². The topological polar surface area (TPSA) is 119 Å². The van der Waals surface area contributed by atoms with Crippen LogP contribution in [0.15, 0.2) is 36.7 Å². The van der Waals surface area contributed by atoms with Gasteiger partial charge in [0.1, 0.15) is 11.8 Å². The Morgan fingerprint density at radius 2 is 2.26 bits per heavy atom. The molecule has 1 aliphatic carbocycles. The fraction of sp³-hybridized carbons (Fsp3) is 0.444. The van der Waals surface area contributed by atoms with Crippen LogP contribution in [0.1, 0.15) is 18.9 Å². The number of aromatic nitrogens is 4. The normalized spacial score (nSPS) is 24.6. The van der Waals surface area contributed by atoms with Gasteiger partial charge in [-0.2, -0.15) is 0 Å². The molecule has 2 aromatic rings. The molecule has 0 unspecified atom stereocenters. The number of hydrogen-bond donors (Lipinski definition) is 2. The highest BCUT2D eigenvalue weighted by Crippen LogP contribution is 2.45. The number of rotatable bonds is 5. The second kappa shape index (κ2) is 6.99. The minimum Gasteiger partial charge on any atom is -0.462 e. The number of carbonyl (C=O) groups is 1. The van der Waals surface area contributed by atoms with Crippen molar-refractivity contribution in [3.8, 4) is 0 Å². The van der Waals surface area contributed by atoms with Crippen molar-refractivity contribution in [2.24, 2.45) is 11.8 Å². The van der Waals surface area contributed by atoms with E-state index in [1.807, 2.05) is 28.8 Å². The summed E-state index contributed by atoms with van der Waals surface area (Å²) in [6, 6.07) is 0.0390. The maximum Gasteiger partial charge on any atom is 0.335 e. The Hall–Kier alpha value is -2.94. The summed E-state index contributed by atoms with van der Waals surface area (Å²) >= 11 is 0. The van der Waals surface area contributed by atoms with Crippen molar-refractivity contribution in [2.45, 2.75) is 18.9 Å². The van der Waals surface area contributed by atoms with E-state index in [4.69, 9.17) is 10.5 Å². The Labute approximate surface area is 156 Å². The minimum absolute atomic E-state index is 0.00926. The maximum atomic E-state index is 12.4. The Balaban J connectivity index is 1.48. The largest absolute Gasteiger partial charge is 0.462 e. The van der Waals surface area contributed by atoms with Gasteiger partial charge >= 0.3 is 5.97 Å². The summed E-state index contributed by atoms with van der Waals surface area (Å²) in [5, 5.41) is 9.64. The van der Waals surface area contributed by atoms with E-state index in [1.54, 1.807) is 12.5 Å². The fourth-order valence-electron chi connectivity index (χ4n) is 3.76. The maximum absolute atomic E-state index is 12.4. The van der Waals surface area contributed by atoms with Gasteiger partial charge in [0.25, 0.3) is 0 Å². The summed E-state index contributed by atoms with van der Waals surface area (Å²) in [5.74, 6) is 0.0732. The first-order valence-corrected chi connectivity index (χ1v) is 8.88. The van der Waals surface area contributed by atoms with E-state index in [9.17, 15) is 9.90 Å². The van der Waals surface area contributed by atoms with Gasteiger partial charge in [-0.1, -0.05) is 6.08 Å². The second-order valence-corrected chi connectivity index (χ2v) is 7.00. The van der Waals surface area contributed by atoms with Crippen LogP contribution in [0.4, 0.5) is 5.82 Å². The summed E-state index contributed by atoms with van der Waals surface area (Å²) < 4.78 is 7.50. The van der Waals surface area contributed by atoms with Gasteiger partial charge in [0.15, 0.2) is 11.5 Å². The zero-order valence-corrected chi connectivity index (χ0v) is 15.0. The van der Waals surface area contributed by atoms with Crippen molar-refractivity contribution in [3.05, 3.63) is 36.7 Å². The SMILES string of the molecule is CN1C=CCC(C(=O)OC[C@@H]2[C@@H](CO)C[C@H]2n2cnc3c(N)ncnc32)=C1. The van der Waals surface area contributed by atoms with Crippen molar-refractivity contribution < 1.29 is 14.6 Å². The molecule has 2 aliphatic rings. The summed E-state index contributed by atoms with van der Waals surface area (Å²) in [5.41, 5.74) is 7.69. The molecule has 0 amide bonds. The van der Waals surface area contributed by atoms with Crippen LogP contribution in [0.2, 0.25) is 0 Å². The molecule has 0 aromatic carbocycles. The predicted molar refractivity (Wildman–Crippen MR) is 98.0 cm³/mol. The molecule has 3 N–H and O–H groups in total. The Morgan fingerprint density at radius 1 is 1.41 bits per heavy atom. The number of fused-ring (bicyclic) bond motifs is 1. The Morgan fingerprint density at radius 3 is 3.04 bits per heavy atom. The fourth-order valence-corrected chi connectivity index (χ4v) is 3.76. The number of nitrogens with zero attached hydrogens (tertiary/aromatic N) is 5. The van der Waals surface area contributed by atoms with Gasteiger partial charge in [-0.15, -0.1) is 0 Å². The first kappa shape index (κ1) is 17.5. The number of hydrogen-bond acceptors (Lipinski definition) is 8. The molecule has 9 nitrogen and oxygen atoms in total. The first-order valence-electron chi connectivity index (χ1n) is 8.88. The molecule has 0 spiro atoms. The third-order valence-corrected chi connectivity index (χ3v) is 5.33. The van der Waals surface area contributed by atoms with Gasteiger partial charge < -0.3 is 25.0 Å². The van der Waals surface area contributed by atoms with Crippen molar-refractivity contribution in [1.82, 2.24) is 24.4 Å². The lowest BCUT2D eigenvalue weighted by molar-refractivity contribution is -0.144. The van der Waals surface area contributed by atoms with Crippen LogP contribution in [0.25, 0.3) is 11.2 Å². The lowest BCUT2D eigenvalue weighted by Gasteiger charge is -2.44. The number of nitrogens with two attached hydrogens (primary N) is 1. The average molecular weight is 370 g/mol. The van der Waals surface area contributed by atoms with Crippen molar-refractivity contribution in [3.63, 3.8) is 0 Å². The van der Waals surface area contributed by atoms with Crippen molar-refractivity contribution >= 4 is 23.0 Å². The standard InChI is InChI=1S/C18H22N6O3/c1-23-4-2-3-11(6-23)18(26)27-8-13-12(7-25)5-14(13)24-10-22-15-16(19)20-9-21-17(15)24/h2,4,6,9-10,12-14,25H,3,5,7-8H2,1H3,(H2,19,20,21)/t12-,13-,14-/m1/s1. The van der Waals surface area contributed by atoms with Gasteiger partial charge in [0.05, 0.1) is 18.5 Å². The smallest absolute Gasteiger partial charge is 0.335 e. The molecule has 27 heavy (non-hydrogen) atoms. The Kier molecular flexibility index (Phi) is 4.53. The van der Waals surface area contributed by atoms with Crippen LogP contribution >= 0.6 is 0 Å². The van der Waals surface area contributed by atoms with E-state index in [0.29, 0.717) is 29.0 Å². The highest BCUT2D eigenvalue weighted by atomic mass is 16.5. The molecule has 1 aliphatic heterocycles. The number of imidazole rings is 1. The molecule has 0 radical (unpaired) electrons. The summed E-state index contributed by atoms with van der Waals surface area (Å²) in [6.07, 6.45) is 10.0. The molecule has 142 valence electrons. The van der Waals surface area contributed by atoms with Gasteiger partial charge in [0, 0.05) is 38.2 Å². The van der Waals surface area contributed by atoms with Crippen LogP contribution in [0, 0.1) is 11.8 Å². The first-order chi connectivity index (χ1) is 13.1. The highest BCUT2D eigenvalue weighted by molar-refractivity contribution is 5.88. The number of aliphatic hydroxyl groups is 1. The van der Waals surface area contributed by atoms with Crippen molar-refractivity contribution in [1.29, 1.82) is 0 Å². The number of ether oxygens (including phenoxy) is 1. The molecule has 0 bridgehead atoms. The van der Waals surface area contributed by atoms with E-state index in [0.717, 1.165) is 6.42 Å². The van der Waals surface area contributed by atoms with Crippen LogP contribution in [-0.2, 0) is 9.53 Å². The van der Waals surface area contributed by atoms with Gasteiger partial charge in [0.2, 0.25) is 0 Å². The number of carbonyl (C=O) groups excluding carboxylic acids is 1. The van der Waals surface area contributed by atoms with Gasteiger partial charge in [-0.3, -0.25) is 0 Å². The molecular formula is C18H22N6O3. The monoisotopic (exact) mass is 370 g/mol. The van der Waals surface area contributed by atoms with Crippen molar-refractivity contribution in [2.75, 3.05) is 26.0 Å². The molecule has 1 fully saturated rings. The molecule has 2 aromatic heterocycles. The molecule has 9 heteroatoms. The third kappa shape index (κ3) is 3.14. The Bertz CT molecular complexity index is 921. The minimum atomic E-state index is -0.324. The third-order valence-electron chi connectivity index (χ3n) is 5.33. The summed E-state index contributed by atoms with van der Waals surface area (Å²) in [4.78, 5) is 26.7. The number of anilines is 1. The van der Waals surface area contributed by atoms with Crippen LogP contribution in [0.3, 0.4) is 0 Å². The second-order valence-electron chi connectivity index (χ2n) is 7.00. The van der Waals surface area contributed by atoms with Crippen LogP contribution in [0.5, 0.6) is 0 Å². The van der Waals surface area contributed by atoms with E-state index < -0.39 is 0 Å². The molecular weight excluding hydrogens is 348 g/mol. The molecule has 0 saturated heterocycles. The number of nitrogen functional groups attached to an aromatic ring is 1. The summed E-state index contributed by atoms with van der Waals surface area (Å²) in [6.45, 7) is 0.288. The molecule has 4 rings (SSSR count). The predicted octanol–water partition coefficient (Wildman–Crippen LogP) is 0.854.